The first-order chi connectivity index (χ1) is 9.33. The molecule has 0 heterocycles. The average molecular weight is 284 g/mol. The van der Waals surface area contributed by atoms with E-state index in [1.807, 2.05) is 0 Å². The molecule has 0 aliphatic heterocycles. The molecular formula is C14H15F3N2O. The van der Waals surface area contributed by atoms with Crippen LogP contribution in [0.1, 0.15) is 17.5 Å². The molecule has 1 aromatic rings. The predicted octanol–water partition coefficient (Wildman–Crippen LogP) is 1.91. The molecule has 2 N–H and O–H groups in total. The predicted molar refractivity (Wildman–Crippen MR) is 69.5 cm³/mol. The Kier molecular flexibility index (Phi) is 5.59. The summed E-state index contributed by atoms with van der Waals surface area (Å²) in [6.45, 7) is 0.265. The highest BCUT2D eigenvalue weighted by atomic mass is 19.4. The molecule has 1 aromatic carbocycles. The largest absolute Gasteiger partial charge is 0.397 e. The van der Waals surface area contributed by atoms with E-state index in [4.69, 9.17) is 5.73 Å². The summed E-state index contributed by atoms with van der Waals surface area (Å²) in [6, 6.07) is 6.96. The molecule has 0 aliphatic rings. The lowest BCUT2D eigenvalue weighted by Gasteiger charge is -2.19. The lowest BCUT2D eigenvalue weighted by atomic mass is 10.1. The number of halogens is 3. The van der Waals surface area contributed by atoms with E-state index in [-0.39, 0.29) is 13.1 Å². The van der Waals surface area contributed by atoms with Gasteiger partial charge in [0.15, 0.2) is 0 Å². The number of alkyl halides is 3. The van der Waals surface area contributed by atoms with Gasteiger partial charge in [0, 0.05) is 19.2 Å². The Morgan fingerprint density at radius 3 is 2.60 bits per heavy atom. The van der Waals surface area contributed by atoms with Crippen molar-refractivity contribution in [2.24, 2.45) is 5.73 Å². The van der Waals surface area contributed by atoms with Gasteiger partial charge in [-0.05, 0) is 11.6 Å². The third kappa shape index (κ3) is 5.33. The van der Waals surface area contributed by atoms with Crippen LogP contribution in [-0.2, 0) is 11.3 Å². The second-order valence-corrected chi connectivity index (χ2v) is 4.20. The van der Waals surface area contributed by atoms with Crippen molar-refractivity contribution in [1.29, 1.82) is 0 Å². The van der Waals surface area contributed by atoms with Crippen LogP contribution < -0.4 is 5.73 Å². The molecule has 0 atom stereocenters. The van der Waals surface area contributed by atoms with E-state index in [0.29, 0.717) is 11.1 Å². The van der Waals surface area contributed by atoms with E-state index in [1.165, 1.54) is 7.05 Å². The van der Waals surface area contributed by atoms with Gasteiger partial charge in [0.2, 0.25) is 5.91 Å². The van der Waals surface area contributed by atoms with Crippen molar-refractivity contribution in [3.05, 3.63) is 35.4 Å². The Morgan fingerprint density at radius 1 is 1.35 bits per heavy atom. The van der Waals surface area contributed by atoms with Crippen LogP contribution in [-0.4, -0.2) is 30.6 Å². The lowest BCUT2D eigenvalue weighted by molar-refractivity contribution is -0.160. The highest BCUT2D eigenvalue weighted by Crippen LogP contribution is 2.21. The molecule has 1 amide bonds. The minimum atomic E-state index is -4.50. The van der Waals surface area contributed by atoms with Gasteiger partial charge in [0.25, 0.3) is 0 Å². The van der Waals surface area contributed by atoms with Crippen molar-refractivity contribution in [3.8, 4) is 11.8 Å². The second kappa shape index (κ2) is 6.96. The maximum atomic E-state index is 12.2. The molecule has 0 bridgehead atoms. The zero-order chi connectivity index (χ0) is 15.2. The smallest absolute Gasteiger partial charge is 0.341 e. The first-order valence-electron chi connectivity index (χ1n) is 5.91. The van der Waals surface area contributed by atoms with Gasteiger partial charge in [-0.3, -0.25) is 4.79 Å². The standard InChI is InChI=1S/C14H15F3N2O/c1-19(13(20)9-14(15,16)17)10-12-6-3-2-5-11(12)7-4-8-18/h2-3,5-6H,8-10,18H2,1H3. The van der Waals surface area contributed by atoms with Gasteiger partial charge in [0.05, 0.1) is 6.54 Å². The minimum Gasteiger partial charge on any atom is -0.341 e. The minimum absolute atomic E-state index is 0.0737. The molecule has 0 radical (unpaired) electrons. The summed E-state index contributed by atoms with van der Waals surface area (Å²) >= 11 is 0. The maximum absolute atomic E-state index is 12.2. The molecule has 20 heavy (non-hydrogen) atoms. The molecule has 0 fully saturated rings. The van der Waals surface area contributed by atoms with Crippen LogP contribution in [0.4, 0.5) is 13.2 Å². The Bertz CT molecular complexity index is 529. The maximum Gasteiger partial charge on any atom is 0.397 e. The van der Waals surface area contributed by atoms with Gasteiger partial charge < -0.3 is 10.6 Å². The van der Waals surface area contributed by atoms with Gasteiger partial charge in [-0.15, -0.1) is 0 Å². The van der Waals surface area contributed by atoms with Crippen LogP contribution >= 0.6 is 0 Å². The van der Waals surface area contributed by atoms with Crippen molar-refractivity contribution in [2.45, 2.75) is 19.1 Å². The number of amides is 1. The normalized spacial score (nSPS) is 10.7. The summed E-state index contributed by atoms with van der Waals surface area (Å²) in [5.74, 6) is 4.54. The van der Waals surface area contributed by atoms with E-state index in [1.54, 1.807) is 24.3 Å². The van der Waals surface area contributed by atoms with Crippen molar-refractivity contribution in [1.82, 2.24) is 4.90 Å². The van der Waals surface area contributed by atoms with Crippen molar-refractivity contribution < 1.29 is 18.0 Å². The van der Waals surface area contributed by atoms with E-state index in [9.17, 15) is 18.0 Å². The fourth-order valence-corrected chi connectivity index (χ4v) is 1.58. The topological polar surface area (TPSA) is 46.3 Å². The van der Waals surface area contributed by atoms with E-state index in [2.05, 4.69) is 11.8 Å². The fourth-order valence-electron chi connectivity index (χ4n) is 1.58. The van der Waals surface area contributed by atoms with Crippen LogP contribution in [0.5, 0.6) is 0 Å². The number of carbonyl (C=O) groups is 1. The van der Waals surface area contributed by atoms with E-state index >= 15 is 0 Å². The molecule has 3 nitrogen and oxygen atoms in total. The Labute approximate surface area is 115 Å². The van der Waals surface area contributed by atoms with Gasteiger partial charge in [0.1, 0.15) is 6.42 Å². The summed E-state index contributed by atoms with van der Waals surface area (Å²) in [5.41, 5.74) is 6.63. The second-order valence-electron chi connectivity index (χ2n) is 4.20. The van der Waals surface area contributed by atoms with Gasteiger partial charge in [-0.1, -0.05) is 30.0 Å². The first kappa shape index (κ1) is 16.1. The number of hydrogen-bond acceptors (Lipinski definition) is 2. The Balaban J connectivity index is 2.80. The quantitative estimate of drug-likeness (QED) is 0.862. The summed E-state index contributed by atoms with van der Waals surface area (Å²) in [7, 11) is 1.33. The Morgan fingerprint density at radius 2 is 2.00 bits per heavy atom. The van der Waals surface area contributed by atoms with Gasteiger partial charge in [-0.25, -0.2) is 0 Å². The molecule has 108 valence electrons. The molecule has 1 rings (SSSR count). The molecular weight excluding hydrogens is 269 g/mol. The van der Waals surface area contributed by atoms with Crippen molar-refractivity contribution in [2.75, 3.05) is 13.6 Å². The number of nitrogens with two attached hydrogens (primary N) is 1. The molecule has 0 saturated carbocycles. The molecule has 0 spiro atoms. The number of nitrogens with zero attached hydrogens (tertiary/aromatic N) is 1. The third-order valence-corrected chi connectivity index (χ3v) is 2.53. The molecule has 0 aromatic heterocycles. The number of hydrogen-bond donors (Lipinski definition) is 1. The van der Waals surface area contributed by atoms with Gasteiger partial charge in [-0.2, -0.15) is 13.2 Å². The van der Waals surface area contributed by atoms with Crippen LogP contribution in [0.3, 0.4) is 0 Å². The van der Waals surface area contributed by atoms with Gasteiger partial charge >= 0.3 is 6.18 Å². The van der Waals surface area contributed by atoms with Crippen LogP contribution in [0.15, 0.2) is 24.3 Å². The van der Waals surface area contributed by atoms with Crippen LogP contribution in [0.2, 0.25) is 0 Å². The number of benzene rings is 1. The molecule has 6 heteroatoms. The number of rotatable bonds is 3. The molecule has 0 unspecified atom stereocenters. The third-order valence-electron chi connectivity index (χ3n) is 2.53. The lowest BCUT2D eigenvalue weighted by Crippen LogP contribution is -2.30. The molecule has 0 saturated heterocycles. The average Bonchev–Trinajstić information content (AvgIpc) is 2.35. The first-order valence-corrected chi connectivity index (χ1v) is 5.91. The molecule has 0 aliphatic carbocycles. The zero-order valence-electron chi connectivity index (χ0n) is 11.0. The van der Waals surface area contributed by atoms with Crippen molar-refractivity contribution >= 4 is 5.91 Å². The highest BCUT2D eigenvalue weighted by Gasteiger charge is 2.32. The Hall–Kier alpha value is -2.00. The SMILES string of the molecule is CN(Cc1ccccc1C#CCN)C(=O)CC(F)(F)F. The fraction of sp³-hybridized carbons (Fsp3) is 0.357. The van der Waals surface area contributed by atoms with Crippen LogP contribution in [0.25, 0.3) is 0 Å². The van der Waals surface area contributed by atoms with Crippen molar-refractivity contribution in [3.63, 3.8) is 0 Å². The monoisotopic (exact) mass is 284 g/mol. The summed E-state index contributed by atoms with van der Waals surface area (Å²) in [4.78, 5) is 12.5. The highest BCUT2D eigenvalue weighted by molar-refractivity contribution is 5.76. The van der Waals surface area contributed by atoms with E-state index < -0.39 is 18.5 Å². The zero-order valence-corrected chi connectivity index (χ0v) is 11.0. The summed E-state index contributed by atoms with van der Waals surface area (Å²) < 4.78 is 36.5. The number of carbonyl (C=O) groups excluding carboxylic acids is 1. The van der Waals surface area contributed by atoms with E-state index in [0.717, 1.165) is 4.90 Å². The van der Waals surface area contributed by atoms with Crippen LogP contribution in [0, 0.1) is 11.8 Å². The summed E-state index contributed by atoms with van der Waals surface area (Å²) in [5, 5.41) is 0. The summed E-state index contributed by atoms with van der Waals surface area (Å²) in [6.07, 6.45) is -5.95.